The Hall–Kier alpha value is -3.97. The van der Waals surface area contributed by atoms with Crippen LogP contribution in [0.3, 0.4) is 0 Å². The van der Waals surface area contributed by atoms with Crippen LogP contribution >= 0.6 is 11.8 Å². The molecule has 2 aromatic carbocycles. The maximum Gasteiger partial charge on any atom is 0.270 e. The molecular formula is C20H14N6O3S. The molecule has 0 amide bonds. The van der Waals surface area contributed by atoms with E-state index in [-0.39, 0.29) is 17.2 Å². The predicted molar refractivity (Wildman–Crippen MR) is 112 cm³/mol. The fraction of sp³-hybridized carbons (Fsp3) is 0.100. The molecule has 0 aliphatic carbocycles. The fourth-order valence-corrected chi connectivity index (χ4v) is 3.61. The summed E-state index contributed by atoms with van der Waals surface area (Å²) in [5.41, 5.74) is 3.08. The van der Waals surface area contributed by atoms with E-state index in [2.05, 4.69) is 26.2 Å². The summed E-state index contributed by atoms with van der Waals surface area (Å²) in [5, 5.41) is 29.9. The molecule has 2 aromatic heterocycles. The van der Waals surface area contributed by atoms with Crippen molar-refractivity contribution < 1.29 is 9.72 Å². The quantitative estimate of drug-likeness (QED) is 0.273. The first-order valence-electron chi connectivity index (χ1n) is 8.81. The maximum atomic E-state index is 11.5. The number of benzene rings is 2. The van der Waals surface area contributed by atoms with E-state index < -0.39 is 4.92 Å². The molecule has 0 bridgehead atoms. The third-order valence-electron chi connectivity index (χ3n) is 4.35. The average Bonchev–Trinajstić information content (AvgIpc) is 3.38. The van der Waals surface area contributed by atoms with E-state index >= 15 is 0 Å². The van der Waals surface area contributed by atoms with Crippen molar-refractivity contribution in [2.24, 2.45) is 0 Å². The van der Waals surface area contributed by atoms with Crippen LogP contribution in [-0.4, -0.2) is 36.6 Å². The number of ketones is 1. The minimum atomic E-state index is -0.461. The number of nitrogens with one attached hydrogen (secondary N) is 2. The van der Waals surface area contributed by atoms with Crippen LogP contribution in [0.5, 0.6) is 0 Å². The topological polar surface area (TPSA) is 141 Å². The SMILES string of the molecule is CC(=O)CSc1nnc(-c2cc(-c3ccc4[nH]c(C#N)cc4c3)cc([N+](=O)[O-])c2)[nH]1. The van der Waals surface area contributed by atoms with Gasteiger partial charge in [-0.1, -0.05) is 17.8 Å². The average molecular weight is 418 g/mol. The number of aromatic nitrogens is 4. The molecule has 2 heterocycles. The molecule has 4 rings (SSSR count). The molecule has 2 N–H and O–H groups in total. The van der Waals surface area contributed by atoms with E-state index in [0.29, 0.717) is 27.8 Å². The Morgan fingerprint density at radius 2 is 1.93 bits per heavy atom. The zero-order valence-electron chi connectivity index (χ0n) is 15.7. The number of nitro benzene ring substituents is 1. The van der Waals surface area contributed by atoms with Gasteiger partial charge in [0.2, 0.25) is 0 Å². The summed E-state index contributed by atoms with van der Waals surface area (Å²) in [6.45, 7) is 1.48. The van der Waals surface area contributed by atoms with E-state index in [9.17, 15) is 14.9 Å². The molecule has 0 atom stereocenters. The van der Waals surface area contributed by atoms with Crippen LogP contribution in [0, 0.1) is 21.4 Å². The number of nitro groups is 1. The van der Waals surface area contributed by atoms with Crippen molar-refractivity contribution in [1.82, 2.24) is 20.2 Å². The third kappa shape index (κ3) is 3.92. The number of fused-ring (bicyclic) bond motifs is 1. The van der Waals surface area contributed by atoms with Gasteiger partial charge in [0, 0.05) is 28.6 Å². The van der Waals surface area contributed by atoms with Crippen molar-refractivity contribution in [3.05, 3.63) is 58.3 Å². The summed E-state index contributed by atoms with van der Waals surface area (Å²) in [7, 11) is 0. The monoisotopic (exact) mass is 418 g/mol. The Kier molecular flexibility index (Phi) is 5.04. The number of hydrogen-bond donors (Lipinski definition) is 2. The van der Waals surface area contributed by atoms with Gasteiger partial charge < -0.3 is 9.97 Å². The van der Waals surface area contributed by atoms with Crippen molar-refractivity contribution in [1.29, 1.82) is 5.26 Å². The second-order valence-electron chi connectivity index (χ2n) is 6.59. The molecule has 0 saturated carbocycles. The van der Waals surface area contributed by atoms with Gasteiger partial charge in [-0.15, -0.1) is 10.2 Å². The van der Waals surface area contributed by atoms with E-state index in [0.717, 1.165) is 16.5 Å². The van der Waals surface area contributed by atoms with E-state index in [1.807, 2.05) is 18.2 Å². The number of non-ortho nitro benzene ring substituents is 1. The number of rotatable bonds is 6. The molecule has 0 radical (unpaired) electrons. The van der Waals surface area contributed by atoms with Gasteiger partial charge in [0.25, 0.3) is 5.69 Å². The van der Waals surface area contributed by atoms with Gasteiger partial charge in [-0.3, -0.25) is 14.9 Å². The van der Waals surface area contributed by atoms with Crippen LogP contribution in [0.1, 0.15) is 12.6 Å². The minimum Gasteiger partial charge on any atom is -0.346 e. The number of Topliss-reactive ketones (excluding diaryl/α,β-unsaturated/α-hetero) is 1. The zero-order valence-corrected chi connectivity index (χ0v) is 16.5. The van der Waals surface area contributed by atoms with Crippen molar-refractivity contribution in [2.75, 3.05) is 5.75 Å². The fourth-order valence-electron chi connectivity index (χ4n) is 3.00. The van der Waals surface area contributed by atoms with Crippen LogP contribution < -0.4 is 0 Å². The molecule has 0 unspecified atom stereocenters. The molecule has 9 nitrogen and oxygen atoms in total. The van der Waals surface area contributed by atoms with Gasteiger partial charge in [-0.2, -0.15) is 5.26 Å². The molecule has 0 saturated heterocycles. The van der Waals surface area contributed by atoms with Crippen LogP contribution in [0.4, 0.5) is 5.69 Å². The smallest absolute Gasteiger partial charge is 0.270 e. The second-order valence-corrected chi connectivity index (χ2v) is 7.56. The number of nitriles is 1. The molecule has 148 valence electrons. The first kappa shape index (κ1) is 19.4. The lowest BCUT2D eigenvalue weighted by Crippen LogP contribution is -1.93. The van der Waals surface area contributed by atoms with Crippen molar-refractivity contribution in [3.8, 4) is 28.6 Å². The minimum absolute atomic E-state index is 0.00953. The van der Waals surface area contributed by atoms with Crippen LogP contribution in [0.25, 0.3) is 33.4 Å². The van der Waals surface area contributed by atoms with E-state index in [1.54, 1.807) is 12.1 Å². The number of carbonyl (C=O) groups is 1. The molecule has 0 aliphatic heterocycles. The predicted octanol–water partition coefficient (Wildman–Crippen LogP) is 4.08. The zero-order chi connectivity index (χ0) is 21.3. The maximum absolute atomic E-state index is 11.5. The van der Waals surface area contributed by atoms with Gasteiger partial charge >= 0.3 is 0 Å². The van der Waals surface area contributed by atoms with Crippen molar-refractivity contribution >= 4 is 34.1 Å². The highest BCUT2D eigenvalue weighted by Crippen LogP contribution is 2.32. The number of carbonyl (C=O) groups excluding carboxylic acids is 1. The Bertz CT molecular complexity index is 1330. The molecule has 0 spiro atoms. The van der Waals surface area contributed by atoms with Crippen LogP contribution in [0.2, 0.25) is 0 Å². The number of aromatic amines is 2. The summed E-state index contributed by atoms with van der Waals surface area (Å²) >= 11 is 1.22. The standard InChI is InChI=1S/C20H14N6O3S/c1-11(27)10-30-20-23-19(24-25-20)15-5-13(7-17(8-15)26(28)29)12-2-3-18-14(4-12)6-16(9-21)22-18/h2-8,22H,10H2,1H3,(H,23,24,25). The van der Waals surface area contributed by atoms with Crippen LogP contribution in [0.15, 0.2) is 47.6 Å². The lowest BCUT2D eigenvalue weighted by atomic mass is 10.0. The lowest BCUT2D eigenvalue weighted by molar-refractivity contribution is -0.384. The lowest BCUT2D eigenvalue weighted by Gasteiger charge is -2.05. The first-order valence-corrected chi connectivity index (χ1v) is 9.79. The summed E-state index contributed by atoms with van der Waals surface area (Å²) in [6.07, 6.45) is 0. The summed E-state index contributed by atoms with van der Waals surface area (Å²) in [5.74, 6) is 0.645. The molecule has 30 heavy (non-hydrogen) atoms. The molecule has 0 fully saturated rings. The Morgan fingerprint density at radius 1 is 1.13 bits per heavy atom. The number of H-pyrrole nitrogens is 2. The van der Waals surface area contributed by atoms with Crippen LogP contribution in [-0.2, 0) is 4.79 Å². The van der Waals surface area contributed by atoms with Gasteiger partial charge in [0.1, 0.15) is 17.5 Å². The van der Waals surface area contributed by atoms with E-state index in [4.69, 9.17) is 5.26 Å². The number of hydrogen-bond acceptors (Lipinski definition) is 7. The molecule has 10 heteroatoms. The van der Waals surface area contributed by atoms with E-state index in [1.165, 1.54) is 30.8 Å². The first-order chi connectivity index (χ1) is 14.4. The summed E-state index contributed by atoms with van der Waals surface area (Å²) in [4.78, 5) is 28.2. The highest BCUT2D eigenvalue weighted by Gasteiger charge is 2.15. The van der Waals surface area contributed by atoms with Gasteiger partial charge in [-0.25, -0.2) is 0 Å². The molecular weight excluding hydrogens is 404 g/mol. The van der Waals surface area contributed by atoms with Gasteiger partial charge in [0.05, 0.1) is 10.7 Å². The number of thioether (sulfide) groups is 1. The highest BCUT2D eigenvalue weighted by atomic mass is 32.2. The van der Waals surface area contributed by atoms with Gasteiger partial charge in [0.15, 0.2) is 11.0 Å². The highest BCUT2D eigenvalue weighted by molar-refractivity contribution is 7.99. The van der Waals surface area contributed by atoms with Crippen molar-refractivity contribution in [2.45, 2.75) is 12.1 Å². The van der Waals surface area contributed by atoms with Gasteiger partial charge in [-0.05, 0) is 42.3 Å². The Balaban J connectivity index is 1.76. The normalized spacial score (nSPS) is 10.8. The largest absolute Gasteiger partial charge is 0.346 e. The second kappa shape index (κ2) is 7.81. The van der Waals surface area contributed by atoms with Crippen molar-refractivity contribution in [3.63, 3.8) is 0 Å². The summed E-state index contributed by atoms with van der Waals surface area (Å²) in [6, 6.07) is 14.0. The summed E-state index contributed by atoms with van der Waals surface area (Å²) < 4.78 is 0. The third-order valence-corrected chi connectivity index (χ3v) is 5.36. The number of nitrogens with zero attached hydrogens (tertiary/aromatic N) is 4. The Labute approximate surface area is 174 Å². The Morgan fingerprint density at radius 3 is 2.67 bits per heavy atom. The molecule has 4 aromatic rings. The molecule has 0 aliphatic rings.